The maximum atomic E-state index is 11.0. The van der Waals surface area contributed by atoms with Gasteiger partial charge in [0.1, 0.15) is 5.78 Å². The Balaban J connectivity index is 0.000000260. The molecule has 1 N–H and O–H groups in total. The molecule has 2 heterocycles. The van der Waals surface area contributed by atoms with Gasteiger partial charge in [-0.3, -0.25) is 9.59 Å². The number of carbonyl (C=O) groups excluding carboxylic acids is 1. The molecule has 2 rings (SSSR count). The number of carboxylic acids is 1. The standard InChI is InChI=1S/C9H16O2S2.C8H14O3S2/c1-7(10)8-3-4-9(11-5-8)6-13-12-2;1-12-13-5-7-3-2-6(4-11-7)8(9)10/h8-9H,3-6H2,1-2H3;6-7H,2-5H2,1H3,(H,9,10). The summed E-state index contributed by atoms with van der Waals surface area (Å²) in [6.45, 7) is 2.68. The lowest BCUT2D eigenvalue weighted by Crippen LogP contribution is -2.31. The van der Waals surface area contributed by atoms with Crippen molar-refractivity contribution in [1.82, 2.24) is 0 Å². The highest BCUT2D eigenvalue weighted by molar-refractivity contribution is 8.76. The lowest BCUT2D eigenvalue weighted by molar-refractivity contribution is -0.147. The second-order valence-corrected chi connectivity index (χ2v) is 11.5. The van der Waals surface area contributed by atoms with E-state index in [1.807, 2.05) is 17.0 Å². The van der Waals surface area contributed by atoms with Crippen LogP contribution in [-0.4, -0.2) is 66.3 Å². The lowest BCUT2D eigenvalue weighted by Gasteiger charge is -2.27. The SMILES string of the molecule is CSSCC1CCC(C(=O)O)CO1.CSSCC1CCC(C(C)=O)CO1. The van der Waals surface area contributed by atoms with Gasteiger partial charge in [-0.05, 0) is 45.1 Å². The number of carbonyl (C=O) groups is 2. The van der Waals surface area contributed by atoms with Crippen molar-refractivity contribution in [2.45, 2.75) is 44.8 Å². The summed E-state index contributed by atoms with van der Waals surface area (Å²) in [5.41, 5.74) is 0. The number of carboxylic acid groups (broad SMARTS) is 1. The Hall–Kier alpha value is 0.460. The second-order valence-electron chi connectivity index (χ2n) is 6.31. The van der Waals surface area contributed by atoms with E-state index in [-0.39, 0.29) is 23.7 Å². The fourth-order valence-corrected chi connectivity index (χ4v) is 5.51. The van der Waals surface area contributed by atoms with Gasteiger partial charge in [0.25, 0.3) is 0 Å². The summed E-state index contributed by atoms with van der Waals surface area (Å²) in [5, 5.41) is 8.71. The van der Waals surface area contributed by atoms with Crippen molar-refractivity contribution in [1.29, 1.82) is 0 Å². The number of ketones is 1. The largest absolute Gasteiger partial charge is 0.481 e. The number of rotatable bonds is 8. The number of Topliss-reactive ketones (excluding diaryl/α,β-unsaturated/α-hetero) is 1. The van der Waals surface area contributed by atoms with E-state index in [0.717, 1.165) is 37.2 Å². The zero-order chi connectivity index (χ0) is 19.4. The van der Waals surface area contributed by atoms with Crippen LogP contribution < -0.4 is 0 Å². The quantitative estimate of drug-likeness (QED) is 0.555. The molecule has 2 saturated heterocycles. The first kappa shape index (κ1) is 24.5. The molecule has 0 aliphatic carbocycles. The van der Waals surface area contributed by atoms with Crippen LogP contribution in [0.15, 0.2) is 0 Å². The van der Waals surface area contributed by atoms with Gasteiger partial charge < -0.3 is 14.6 Å². The Morgan fingerprint density at radius 2 is 1.35 bits per heavy atom. The summed E-state index contributed by atoms with van der Waals surface area (Å²) in [5.74, 6) is 1.44. The van der Waals surface area contributed by atoms with Crippen LogP contribution in [0, 0.1) is 11.8 Å². The van der Waals surface area contributed by atoms with Gasteiger partial charge in [-0.25, -0.2) is 0 Å². The van der Waals surface area contributed by atoms with Crippen LogP contribution in [0.25, 0.3) is 0 Å². The molecule has 2 aliphatic rings. The van der Waals surface area contributed by atoms with Gasteiger partial charge >= 0.3 is 5.97 Å². The summed E-state index contributed by atoms with van der Waals surface area (Å²) in [6, 6.07) is 0. The maximum absolute atomic E-state index is 11.0. The van der Waals surface area contributed by atoms with Gasteiger partial charge in [-0.2, -0.15) is 0 Å². The minimum atomic E-state index is -0.726. The molecule has 26 heavy (non-hydrogen) atoms. The average molecular weight is 443 g/mol. The monoisotopic (exact) mass is 442 g/mol. The predicted octanol–water partition coefficient (Wildman–Crippen LogP) is 4.26. The van der Waals surface area contributed by atoms with Gasteiger partial charge in [0.05, 0.1) is 31.3 Å². The number of hydrogen-bond acceptors (Lipinski definition) is 8. The van der Waals surface area contributed by atoms with E-state index >= 15 is 0 Å². The maximum Gasteiger partial charge on any atom is 0.308 e. The first-order valence-corrected chi connectivity index (χ1v) is 14.2. The van der Waals surface area contributed by atoms with E-state index in [9.17, 15) is 9.59 Å². The second kappa shape index (κ2) is 14.5. The Labute approximate surface area is 172 Å². The molecule has 0 amide bonds. The third kappa shape index (κ3) is 10.1. The van der Waals surface area contributed by atoms with Crippen molar-refractivity contribution in [3.63, 3.8) is 0 Å². The molecular formula is C17H30O5S4. The molecule has 0 aromatic rings. The fourth-order valence-electron chi connectivity index (χ4n) is 2.68. The van der Waals surface area contributed by atoms with Crippen molar-refractivity contribution in [3.8, 4) is 0 Å². The third-order valence-electron chi connectivity index (χ3n) is 4.41. The molecule has 0 aromatic heterocycles. The van der Waals surface area contributed by atoms with Gasteiger partial charge in [-0.15, -0.1) is 0 Å². The molecule has 0 aromatic carbocycles. The van der Waals surface area contributed by atoms with Crippen molar-refractivity contribution < 1.29 is 24.2 Å². The molecule has 9 heteroatoms. The van der Waals surface area contributed by atoms with E-state index in [4.69, 9.17) is 14.6 Å². The van der Waals surface area contributed by atoms with E-state index in [0.29, 0.717) is 19.3 Å². The van der Waals surface area contributed by atoms with Crippen LogP contribution in [0.2, 0.25) is 0 Å². The van der Waals surface area contributed by atoms with Crippen LogP contribution in [-0.2, 0) is 19.1 Å². The highest BCUT2D eigenvalue weighted by Crippen LogP contribution is 2.26. The van der Waals surface area contributed by atoms with Crippen LogP contribution in [0.1, 0.15) is 32.6 Å². The first-order valence-electron chi connectivity index (χ1n) is 8.75. The van der Waals surface area contributed by atoms with E-state index < -0.39 is 5.97 Å². The van der Waals surface area contributed by atoms with Crippen LogP contribution in [0.5, 0.6) is 0 Å². The molecule has 4 atom stereocenters. The number of aliphatic carboxylic acids is 1. The van der Waals surface area contributed by atoms with E-state index in [2.05, 4.69) is 6.26 Å². The zero-order valence-electron chi connectivity index (χ0n) is 15.7. The smallest absolute Gasteiger partial charge is 0.308 e. The number of ether oxygens (including phenoxy) is 2. The molecule has 5 nitrogen and oxygen atoms in total. The minimum absolute atomic E-state index is 0.163. The van der Waals surface area contributed by atoms with Crippen LogP contribution >= 0.6 is 43.2 Å². The lowest BCUT2D eigenvalue weighted by atomic mass is 9.96. The van der Waals surface area contributed by atoms with E-state index in [1.54, 1.807) is 39.3 Å². The summed E-state index contributed by atoms with van der Waals surface area (Å²) in [6.07, 6.45) is 8.42. The molecule has 0 spiro atoms. The average Bonchev–Trinajstić information content (AvgIpc) is 2.66. The molecule has 4 unspecified atom stereocenters. The molecule has 152 valence electrons. The first-order chi connectivity index (χ1) is 12.5. The van der Waals surface area contributed by atoms with Crippen LogP contribution in [0.4, 0.5) is 0 Å². The highest BCUT2D eigenvalue weighted by Gasteiger charge is 2.26. The van der Waals surface area contributed by atoms with Crippen molar-refractivity contribution >= 4 is 54.9 Å². The fraction of sp³-hybridized carbons (Fsp3) is 0.882. The Kier molecular flexibility index (Phi) is 13.6. The molecule has 0 bridgehead atoms. The van der Waals surface area contributed by atoms with Gasteiger partial charge in [0.15, 0.2) is 0 Å². The zero-order valence-corrected chi connectivity index (χ0v) is 18.9. The van der Waals surface area contributed by atoms with Crippen molar-refractivity contribution in [2.24, 2.45) is 11.8 Å². The summed E-state index contributed by atoms with van der Waals surface area (Å²) >= 11 is 0. The number of hydrogen-bond donors (Lipinski definition) is 1. The molecule has 2 aliphatic heterocycles. The van der Waals surface area contributed by atoms with Gasteiger partial charge in [-0.1, -0.05) is 43.2 Å². The third-order valence-corrected chi connectivity index (χ3v) is 8.13. The van der Waals surface area contributed by atoms with E-state index in [1.165, 1.54) is 0 Å². The summed E-state index contributed by atoms with van der Waals surface area (Å²) in [7, 11) is 7.09. The minimum Gasteiger partial charge on any atom is -0.481 e. The molecule has 2 fully saturated rings. The summed E-state index contributed by atoms with van der Waals surface area (Å²) < 4.78 is 11.0. The summed E-state index contributed by atoms with van der Waals surface area (Å²) in [4.78, 5) is 21.6. The van der Waals surface area contributed by atoms with Crippen molar-refractivity contribution in [2.75, 3.05) is 37.2 Å². The Bertz CT molecular complexity index is 370. The molecular weight excluding hydrogens is 412 g/mol. The van der Waals surface area contributed by atoms with Gasteiger partial charge in [0, 0.05) is 17.4 Å². The normalized spacial score (nSPS) is 28.7. The molecule has 0 saturated carbocycles. The highest BCUT2D eigenvalue weighted by atomic mass is 33.1. The topological polar surface area (TPSA) is 72.8 Å². The molecule has 0 radical (unpaired) electrons. The predicted molar refractivity (Wildman–Crippen MR) is 115 cm³/mol. The van der Waals surface area contributed by atoms with Crippen LogP contribution in [0.3, 0.4) is 0 Å². The Morgan fingerprint density at radius 1 is 0.885 bits per heavy atom. The van der Waals surface area contributed by atoms with Gasteiger partial charge in [0.2, 0.25) is 0 Å². The Morgan fingerprint density at radius 3 is 1.65 bits per heavy atom. The van der Waals surface area contributed by atoms with Crippen molar-refractivity contribution in [3.05, 3.63) is 0 Å².